The van der Waals surface area contributed by atoms with Gasteiger partial charge in [-0.2, -0.15) is 13.2 Å². The lowest BCUT2D eigenvalue weighted by atomic mass is 10.2. The van der Waals surface area contributed by atoms with Crippen LogP contribution in [-0.2, 0) is 0 Å². The molecule has 7 heteroatoms. The lowest BCUT2D eigenvalue weighted by Crippen LogP contribution is -2.10. The molecule has 0 saturated heterocycles. The molecule has 3 nitrogen and oxygen atoms in total. The van der Waals surface area contributed by atoms with Crippen molar-refractivity contribution < 1.29 is 17.9 Å². The number of thiazole rings is 1. The predicted octanol–water partition coefficient (Wildman–Crippen LogP) is 3.91. The van der Waals surface area contributed by atoms with Gasteiger partial charge in [0, 0.05) is 12.5 Å². The van der Waals surface area contributed by atoms with E-state index in [-0.39, 0.29) is 13.0 Å². The molecule has 2 aromatic rings. The largest absolute Gasteiger partial charge is 0.491 e. The monoisotopic (exact) mass is 290 g/mol. The third-order valence-electron chi connectivity index (χ3n) is 2.49. The van der Waals surface area contributed by atoms with E-state index in [9.17, 15) is 13.2 Å². The number of aromatic nitrogens is 1. The fourth-order valence-electron chi connectivity index (χ4n) is 1.67. The Kier molecular flexibility index (Phi) is 3.84. The fourth-order valence-corrected chi connectivity index (χ4v) is 2.52. The Hall–Kier alpha value is -1.50. The van der Waals surface area contributed by atoms with Crippen molar-refractivity contribution in [2.45, 2.75) is 25.9 Å². The van der Waals surface area contributed by atoms with E-state index >= 15 is 0 Å². The Morgan fingerprint density at radius 3 is 2.79 bits per heavy atom. The molecule has 2 N–H and O–H groups in total. The minimum atomic E-state index is -4.15. The van der Waals surface area contributed by atoms with Crippen molar-refractivity contribution >= 4 is 27.2 Å². The number of ether oxygens (including phenoxy) is 1. The second-order valence-corrected chi connectivity index (χ2v) is 5.39. The highest BCUT2D eigenvalue weighted by atomic mass is 32.1. The third kappa shape index (κ3) is 3.73. The molecule has 1 aromatic carbocycles. The Balaban J connectivity index is 2.02. The number of anilines is 1. The summed E-state index contributed by atoms with van der Waals surface area (Å²) in [7, 11) is 0. The number of fused-ring (bicyclic) bond motifs is 1. The van der Waals surface area contributed by atoms with Crippen molar-refractivity contribution in [2.24, 2.45) is 0 Å². The molecule has 0 aliphatic carbocycles. The van der Waals surface area contributed by atoms with E-state index in [0.29, 0.717) is 11.4 Å². The molecule has 104 valence electrons. The molecule has 0 radical (unpaired) electrons. The first-order valence-corrected chi connectivity index (χ1v) is 6.53. The molecule has 1 heterocycles. The minimum Gasteiger partial charge on any atom is -0.491 e. The highest BCUT2D eigenvalue weighted by molar-refractivity contribution is 7.18. The zero-order valence-corrected chi connectivity index (χ0v) is 11.1. The SMILES string of the molecule is Cc1nc2cc(OCCCC(F)(F)F)c(N)cc2s1. The number of nitrogens with zero attached hydrogens (tertiary/aromatic N) is 1. The summed E-state index contributed by atoms with van der Waals surface area (Å²) >= 11 is 1.51. The highest BCUT2D eigenvalue weighted by Gasteiger charge is 2.26. The summed E-state index contributed by atoms with van der Waals surface area (Å²) in [5, 5.41) is 0.906. The number of aryl methyl sites for hydroxylation is 1. The molecule has 0 amide bonds. The van der Waals surface area contributed by atoms with Crippen molar-refractivity contribution in [3.05, 3.63) is 17.1 Å². The summed E-state index contributed by atoms with van der Waals surface area (Å²) in [6.07, 6.45) is -5.09. The molecule has 1 aromatic heterocycles. The summed E-state index contributed by atoms with van der Waals surface area (Å²) < 4.78 is 42.2. The Bertz CT molecular complexity index is 580. The van der Waals surface area contributed by atoms with Gasteiger partial charge < -0.3 is 10.5 Å². The molecular formula is C12H13F3N2OS. The number of nitrogen functional groups attached to an aromatic ring is 1. The maximum Gasteiger partial charge on any atom is 0.389 e. The molecule has 0 atom stereocenters. The van der Waals surface area contributed by atoms with Crippen LogP contribution in [-0.4, -0.2) is 17.8 Å². The number of benzene rings is 1. The molecule has 0 spiro atoms. The van der Waals surface area contributed by atoms with Gasteiger partial charge in [-0.05, 0) is 19.4 Å². The van der Waals surface area contributed by atoms with E-state index < -0.39 is 12.6 Å². The van der Waals surface area contributed by atoms with Gasteiger partial charge in [0.1, 0.15) is 5.75 Å². The second kappa shape index (κ2) is 5.24. The smallest absolute Gasteiger partial charge is 0.389 e. The van der Waals surface area contributed by atoms with Crippen molar-refractivity contribution in [2.75, 3.05) is 12.3 Å². The fraction of sp³-hybridized carbons (Fsp3) is 0.417. The zero-order chi connectivity index (χ0) is 14.0. The summed E-state index contributed by atoms with van der Waals surface area (Å²) in [4.78, 5) is 4.29. The minimum absolute atomic E-state index is 0.0155. The lowest BCUT2D eigenvalue weighted by Gasteiger charge is -2.10. The van der Waals surface area contributed by atoms with Crippen LogP contribution in [0.5, 0.6) is 5.75 Å². The molecule has 0 aliphatic heterocycles. The van der Waals surface area contributed by atoms with Crippen LogP contribution in [0.15, 0.2) is 12.1 Å². The average Bonchev–Trinajstić information content (AvgIpc) is 2.62. The number of rotatable bonds is 4. The molecule has 0 saturated carbocycles. The molecule has 0 fully saturated rings. The summed E-state index contributed by atoms with van der Waals surface area (Å²) in [6, 6.07) is 3.40. The first-order valence-electron chi connectivity index (χ1n) is 5.71. The normalized spacial score (nSPS) is 12.0. The van der Waals surface area contributed by atoms with E-state index in [2.05, 4.69) is 4.98 Å². The van der Waals surface area contributed by atoms with Crippen molar-refractivity contribution in [1.82, 2.24) is 4.98 Å². The van der Waals surface area contributed by atoms with E-state index in [0.717, 1.165) is 15.2 Å². The van der Waals surface area contributed by atoms with Crippen LogP contribution >= 0.6 is 11.3 Å². The van der Waals surface area contributed by atoms with E-state index in [1.54, 1.807) is 12.1 Å². The van der Waals surface area contributed by atoms with Gasteiger partial charge in [0.2, 0.25) is 0 Å². The van der Waals surface area contributed by atoms with Crippen LogP contribution in [0.2, 0.25) is 0 Å². The van der Waals surface area contributed by atoms with Crippen LogP contribution in [0.25, 0.3) is 10.2 Å². The lowest BCUT2D eigenvalue weighted by molar-refractivity contribution is -0.136. The van der Waals surface area contributed by atoms with Crippen LogP contribution in [0.4, 0.5) is 18.9 Å². The number of alkyl halides is 3. The quantitative estimate of drug-likeness (QED) is 0.686. The van der Waals surface area contributed by atoms with Crippen molar-refractivity contribution in [3.8, 4) is 5.75 Å². The Morgan fingerprint density at radius 2 is 2.11 bits per heavy atom. The van der Waals surface area contributed by atoms with Crippen LogP contribution in [0.1, 0.15) is 17.8 Å². The van der Waals surface area contributed by atoms with Gasteiger partial charge in [-0.25, -0.2) is 4.98 Å². The van der Waals surface area contributed by atoms with Crippen LogP contribution in [0.3, 0.4) is 0 Å². The molecular weight excluding hydrogens is 277 g/mol. The molecule has 19 heavy (non-hydrogen) atoms. The van der Waals surface area contributed by atoms with E-state index in [1.807, 2.05) is 6.92 Å². The maximum absolute atomic E-state index is 12.0. The van der Waals surface area contributed by atoms with E-state index in [4.69, 9.17) is 10.5 Å². The van der Waals surface area contributed by atoms with Gasteiger partial charge >= 0.3 is 6.18 Å². The van der Waals surface area contributed by atoms with Crippen LogP contribution in [0, 0.1) is 6.92 Å². The van der Waals surface area contributed by atoms with Gasteiger partial charge in [0.25, 0.3) is 0 Å². The number of hydrogen-bond acceptors (Lipinski definition) is 4. The number of halogens is 3. The predicted molar refractivity (Wildman–Crippen MR) is 69.6 cm³/mol. The molecule has 0 bridgehead atoms. The van der Waals surface area contributed by atoms with Crippen molar-refractivity contribution in [1.29, 1.82) is 0 Å². The Labute approximate surface area is 112 Å². The molecule has 2 rings (SSSR count). The topological polar surface area (TPSA) is 48.1 Å². The highest BCUT2D eigenvalue weighted by Crippen LogP contribution is 2.31. The Morgan fingerprint density at radius 1 is 1.37 bits per heavy atom. The van der Waals surface area contributed by atoms with Gasteiger partial charge in [0.05, 0.1) is 27.5 Å². The summed E-state index contributed by atoms with van der Waals surface area (Å²) in [5.74, 6) is 0.389. The van der Waals surface area contributed by atoms with Gasteiger partial charge in [0.15, 0.2) is 0 Å². The zero-order valence-electron chi connectivity index (χ0n) is 10.3. The third-order valence-corrected chi connectivity index (χ3v) is 3.42. The second-order valence-electron chi connectivity index (χ2n) is 4.16. The van der Waals surface area contributed by atoms with Crippen LogP contribution < -0.4 is 10.5 Å². The average molecular weight is 290 g/mol. The van der Waals surface area contributed by atoms with E-state index in [1.165, 1.54) is 11.3 Å². The number of nitrogens with two attached hydrogens (primary N) is 1. The molecule has 0 unspecified atom stereocenters. The van der Waals surface area contributed by atoms with Gasteiger partial charge in [-0.1, -0.05) is 0 Å². The van der Waals surface area contributed by atoms with Gasteiger partial charge in [-0.15, -0.1) is 11.3 Å². The first kappa shape index (κ1) is 13.9. The van der Waals surface area contributed by atoms with Crippen molar-refractivity contribution in [3.63, 3.8) is 0 Å². The first-order chi connectivity index (χ1) is 8.85. The van der Waals surface area contributed by atoms with Gasteiger partial charge in [-0.3, -0.25) is 0 Å². The maximum atomic E-state index is 12.0. The standard InChI is InChI=1S/C12H13F3N2OS/c1-7-17-9-6-10(8(16)5-11(9)19-7)18-4-2-3-12(13,14)15/h5-6H,2-4,16H2,1H3. The number of hydrogen-bond donors (Lipinski definition) is 1. The molecule has 0 aliphatic rings. The summed E-state index contributed by atoms with van der Waals surface area (Å²) in [5.41, 5.74) is 6.97. The summed E-state index contributed by atoms with van der Waals surface area (Å²) in [6.45, 7) is 1.86.